The number of amides is 2. The van der Waals surface area contributed by atoms with Gasteiger partial charge in [-0.2, -0.15) is 4.72 Å². The summed E-state index contributed by atoms with van der Waals surface area (Å²) < 4.78 is 26.4. The molecule has 8 nitrogen and oxygen atoms in total. The molecule has 1 aliphatic rings. The van der Waals surface area contributed by atoms with Crippen LogP contribution in [0, 0.1) is 0 Å². The van der Waals surface area contributed by atoms with Gasteiger partial charge in [-0.25, -0.2) is 13.2 Å². The Morgan fingerprint density at radius 1 is 1.24 bits per heavy atom. The van der Waals surface area contributed by atoms with Crippen molar-refractivity contribution in [3.8, 4) is 0 Å². The largest absolute Gasteiger partial charge is 0.478 e. The molecule has 1 aromatic carbocycles. The van der Waals surface area contributed by atoms with E-state index in [9.17, 15) is 22.8 Å². The first-order chi connectivity index (χ1) is 9.79. The van der Waals surface area contributed by atoms with Crippen LogP contribution in [0.4, 0.5) is 0 Å². The van der Waals surface area contributed by atoms with E-state index in [1.54, 1.807) is 0 Å². The Morgan fingerprint density at radius 2 is 1.86 bits per heavy atom. The second-order valence-electron chi connectivity index (χ2n) is 4.45. The molecule has 2 amide bonds. The summed E-state index contributed by atoms with van der Waals surface area (Å²) in [5, 5.41) is 10.8. The summed E-state index contributed by atoms with van der Waals surface area (Å²) in [4.78, 5) is 33.1. The zero-order chi connectivity index (χ0) is 15.6. The van der Waals surface area contributed by atoms with E-state index >= 15 is 0 Å². The highest BCUT2D eigenvalue weighted by Gasteiger charge is 2.30. The molecule has 1 saturated heterocycles. The normalized spacial score (nSPS) is 19.1. The van der Waals surface area contributed by atoms with Crippen LogP contribution in [-0.2, 0) is 19.6 Å². The molecule has 0 bridgehead atoms. The maximum Gasteiger partial charge on any atom is 0.335 e. The third-order valence-corrected chi connectivity index (χ3v) is 4.44. The summed E-state index contributed by atoms with van der Waals surface area (Å²) in [6, 6.07) is 3.56. The Labute approximate surface area is 120 Å². The second-order valence-corrected chi connectivity index (χ2v) is 6.17. The van der Waals surface area contributed by atoms with Gasteiger partial charge < -0.3 is 5.11 Å². The highest BCUT2D eigenvalue weighted by Crippen LogP contribution is 2.13. The first-order valence-corrected chi connectivity index (χ1v) is 7.47. The Kier molecular flexibility index (Phi) is 4.05. The number of rotatable bonds is 4. The second kappa shape index (κ2) is 5.62. The van der Waals surface area contributed by atoms with E-state index < -0.39 is 33.8 Å². The minimum Gasteiger partial charge on any atom is -0.478 e. The van der Waals surface area contributed by atoms with Gasteiger partial charge in [-0.3, -0.25) is 14.9 Å². The summed E-state index contributed by atoms with van der Waals surface area (Å²) in [6.07, 6.45) is 0.133. The summed E-state index contributed by atoms with van der Waals surface area (Å²) >= 11 is 0. The SMILES string of the molecule is O=C1CCC(NS(=O)(=O)c2ccc(C(=O)O)cc2)C(=O)N1. The van der Waals surface area contributed by atoms with Crippen LogP contribution in [0.1, 0.15) is 23.2 Å². The molecule has 112 valence electrons. The number of hydrogen-bond donors (Lipinski definition) is 3. The van der Waals surface area contributed by atoms with Crippen LogP contribution in [0.5, 0.6) is 0 Å². The van der Waals surface area contributed by atoms with E-state index in [4.69, 9.17) is 5.11 Å². The summed E-state index contributed by atoms with van der Waals surface area (Å²) in [5.41, 5.74) is -0.0463. The highest BCUT2D eigenvalue weighted by atomic mass is 32.2. The van der Waals surface area contributed by atoms with Crippen molar-refractivity contribution in [1.82, 2.24) is 10.0 Å². The van der Waals surface area contributed by atoms with Crippen molar-refractivity contribution < 1.29 is 27.9 Å². The fourth-order valence-electron chi connectivity index (χ4n) is 1.84. The first-order valence-electron chi connectivity index (χ1n) is 5.99. The molecule has 1 aromatic rings. The minimum atomic E-state index is -3.97. The van der Waals surface area contributed by atoms with Crippen molar-refractivity contribution in [3.05, 3.63) is 29.8 Å². The number of sulfonamides is 1. The van der Waals surface area contributed by atoms with Crippen molar-refractivity contribution in [2.75, 3.05) is 0 Å². The quantitative estimate of drug-likeness (QED) is 0.641. The fourth-order valence-corrected chi connectivity index (χ4v) is 3.07. The van der Waals surface area contributed by atoms with Gasteiger partial charge in [0.2, 0.25) is 21.8 Å². The van der Waals surface area contributed by atoms with E-state index in [2.05, 4.69) is 4.72 Å². The molecule has 9 heteroatoms. The molecule has 0 saturated carbocycles. The average Bonchev–Trinajstić information content (AvgIpc) is 2.42. The smallest absolute Gasteiger partial charge is 0.335 e. The molecule has 1 unspecified atom stereocenters. The third kappa shape index (κ3) is 3.44. The van der Waals surface area contributed by atoms with E-state index in [-0.39, 0.29) is 23.3 Å². The Morgan fingerprint density at radius 3 is 2.38 bits per heavy atom. The van der Waals surface area contributed by atoms with Gasteiger partial charge in [0.25, 0.3) is 0 Å². The molecular formula is C12H12N2O6S. The monoisotopic (exact) mass is 312 g/mol. The van der Waals surface area contributed by atoms with E-state index in [0.29, 0.717) is 0 Å². The van der Waals surface area contributed by atoms with E-state index in [1.165, 1.54) is 0 Å². The number of nitrogens with one attached hydrogen (secondary N) is 2. The molecule has 21 heavy (non-hydrogen) atoms. The number of carbonyl (C=O) groups excluding carboxylic acids is 2. The van der Waals surface area contributed by atoms with Crippen molar-refractivity contribution in [2.24, 2.45) is 0 Å². The number of carboxylic acid groups (broad SMARTS) is 1. The lowest BCUT2D eigenvalue weighted by Crippen LogP contribution is -2.52. The average molecular weight is 312 g/mol. The summed E-state index contributed by atoms with van der Waals surface area (Å²) in [6.45, 7) is 0. The molecule has 0 spiro atoms. The van der Waals surface area contributed by atoms with E-state index in [0.717, 1.165) is 24.3 Å². The maximum atomic E-state index is 12.1. The lowest BCUT2D eigenvalue weighted by Gasteiger charge is -2.21. The molecule has 1 fully saturated rings. The number of hydrogen-bond acceptors (Lipinski definition) is 5. The van der Waals surface area contributed by atoms with Gasteiger partial charge in [-0.15, -0.1) is 0 Å². The molecule has 1 heterocycles. The number of carboxylic acids is 1. The molecule has 0 radical (unpaired) electrons. The van der Waals surface area contributed by atoms with Crippen LogP contribution in [0.3, 0.4) is 0 Å². The van der Waals surface area contributed by atoms with Crippen LogP contribution < -0.4 is 10.0 Å². The lowest BCUT2D eigenvalue weighted by molar-refractivity contribution is -0.134. The molecule has 1 atom stereocenters. The molecule has 3 N–H and O–H groups in total. The standard InChI is InChI=1S/C12H12N2O6S/c15-10-6-5-9(11(16)13-10)14-21(19,20)8-3-1-7(2-4-8)12(17)18/h1-4,9,14H,5-6H2,(H,17,18)(H,13,15,16). The summed E-state index contributed by atoms with van der Waals surface area (Å²) in [5.74, 6) is -2.31. The van der Waals surface area contributed by atoms with Gasteiger partial charge in [0.15, 0.2) is 0 Å². The Bertz CT molecular complexity index is 695. The molecule has 0 aromatic heterocycles. The minimum absolute atomic E-state index is 0.0463. The predicted molar refractivity (Wildman–Crippen MR) is 69.9 cm³/mol. The van der Waals surface area contributed by atoms with Crippen LogP contribution in [-0.4, -0.2) is 37.3 Å². The Hall–Kier alpha value is -2.26. The van der Waals surface area contributed by atoms with Gasteiger partial charge in [0.1, 0.15) is 6.04 Å². The molecule has 2 rings (SSSR count). The van der Waals surface area contributed by atoms with Crippen molar-refractivity contribution in [2.45, 2.75) is 23.8 Å². The lowest BCUT2D eigenvalue weighted by atomic mass is 10.1. The van der Waals surface area contributed by atoms with E-state index in [1.807, 2.05) is 5.32 Å². The number of imide groups is 1. The maximum absolute atomic E-state index is 12.1. The Balaban J connectivity index is 2.16. The number of benzene rings is 1. The van der Waals surface area contributed by atoms with Gasteiger partial charge in [-0.05, 0) is 30.7 Å². The molecule has 0 aliphatic carbocycles. The number of carbonyl (C=O) groups is 3. The van der Waals surface area contributed by atoms with Crippen LogP contribution in [0.25, 0.3) is 0 Å². The topological polar surface area (TPSA) is 130 Å². The first kappa shape index (κ1) is 15.1. The van der Waals surface area contributed by atoms with Crippen LogP contribution in [0.2, 0.25) is 0 Å². The zero-order valence-electron chi connectivity index (χ0n) is 10.7. The molecular weight excluding hydrogens is 300 g/mol. The van der Waals surface area contributed by atoms with Gasteiger partial charge in [0, 0.05) is 6.42 Å². The number of piperidine rings is 1. The van der Waals surface area contributed by atoms with Gasteiger partial charge in [-0.1, -0.05) is 0 Å². The van der Waals surface area contributed by atoms with Gasteiger partial charge >= 0.3 is 5.97 Å². The third-order valence-electron chi connectivity index (χ3n) is 2.95. The van der Waals surface area contributed by atoms with Crippen molar-refractivity contribution in [1.29, 1.82) is 0 Å². The summed E-state index contributed by atoms with van der Waals surface area (Å²) in [7, 11) is -3.97. The van der Waals surface area contributed by atoms with Crippen LogP contribution in [0.15, 0.2) is 29.2 Å². The highest BCUT2D eigenvalue weighted by molar-refractivity contribution is 7.89. The predicted octanol–water partition coefficient (Wildman–Crippen LogP) is -0.532. The fraction of sp³-hybridized carbons (Fsp3) is 0.250. The number of aromatic carboxylic acids is 1. The van der Waals surface area contributed by atoms with Gasteiger partial charge in [0.05, 0.1) is 10.5 Å². The molecule has 1 aliphatic heterocycles. The van der Waals surface area contributed by atoms with Crippen molar-refractivity contribution in [3.63, 3.8) is 0 Å². The zero-order valence-corrected chi connectivity index (χ0v) is 11.5. The van der Waals surface area contributed by atoms with Crippen molar-refractivity contribution >= 4 is 27.8 Å². The van der Waals surface area contributed by atoms with Crippen LogP contribution >= 0.6 is 0 Å².